The summed E-state index contributed by atoms with van der Waals surface area (Å²) < 4.78 is 0. The summed E-state index contributed by atoms with van der Waals surface area (Å²) in [5, 5.41) is 8.64. The van der Waals surface area contributed by atoms with Gasteiger partial charge >= 0.3 is 0 Å². The Kier molecular flexibility index (Phi) is 7.17. The second-order valence-electron chi connectivity index (χ2n) is 4.21. The van der Waals surface area contributed by atoms with Crippen LogP contribution in [0, 0.1) is 0 Å². The first-order valence-electron chi connectivity index (χ1n) is 6.06. The van der Waals surface area contributed by atoms with Crippen molar-refractivity contribution in [3.8, 4) is 0 Å². The molecule has 0 radical (unpaired) electrons. The van der Waals surface area contributed by atoms with Crippen LogP contribution in [0.15, 0.2) is 16.8 Å². The molecular weight excluding hydrogens is 234 g/mol. The number of nitrogens with one attached hydrogen (secondary N) is 1. The number of aryl methyl sites for hydroxylation is 1. The van der Waals surface area contributed by atoms with E-state index in [2.05, 4.69) is 54.8 Å². The number of thioether (sulfide) groups is 1. The third-order valence-corrected chi connectivity index (χ3v) is 5.16. The first-order valence-corrected chi connectivity index (χ1v) is 8.05. The highest BCUT2D eigenvalue weighted by Crippen LogP contribution is 2.17. The largest absolute Gasteiger partial charge is 0.316 e. The summed E-state index contributed by atoms with van der Waals surface area (Å²) in [6.45, 7) is 4.58. The van der Waals surface area contributed by atoms with E-state index in [9.17, 15) is 0 Å². The van der Waals surface area contributed by atoms with Gasteiger partial charge in [-0.05, 0) is 48.7 Å². The Balaban J connectivity index is 2.21. The minimum absolute atomic E-state index is 0.652. The van der Waals surface area contributed by atoms with Gasteiger partial charge in [0, 0.05) is 17.0 Å². The fourth-order valence-corrected chi connectivity index (χ4v) is 3.32. The van der Waals surface area contributed by atoms with Gasteiger partial charge in [0.15, 0.2) is 0 Å². The summed E-state index contributed by atoms with van der Waals surface area (Å²) in [5.41, 5.74) is 1.48. The number of rotatable bonds is 8. The Morgan fingerprint density at radius 1 is 1.50 bits per heavy atom. The molecule has 1 aromatic heterocycles. The lowest BCUT2D eigenvalue weighted by Gasteiger charge is -2.17. The molecule has 1 rings (SSSR count). The Morgan fingerprint density at radius 3 is 2.88 bits per heavy atom. The highest BCUT2D eigenvalue weighted by atomic mass is 32.2. The van der Waals surface area contributed by atoms with Gasteiger partial charge in [-0.1, -0.05) is 13.8 Å². The van der Waals surface area contributed by atoms with E-state index in [1.165, 1.54) is 30.6 Å². The molecule has 1 nitrogen and oxygen atoms in total. The van der Waals surface area contributed by atoms with Crippen molar-refractivity contribution in [2.45, 2.75) is 44.4 Å². The smallest absolute Gasteiger partial charge is 0.0158 e. The van der Waals surface area contributed by atoms with Crippen LogP contribution >= 0.6 is 23.1 Å². The molecule has 0 saturated carbocycles. The quantitative estimate of drug-likeness (QED) is 0.760. The van der Waals surface area contributed by atoms with Crippen LogP contribution < -0.4 is 5.32 Å². The maximum absolute atomic E-state index is 3.43. The Bertz CT molecular complexity index is 259. The molecule has 0 aliphatic heterocycles. The van der Waals surface area contributed by atoms with E-state index in [4.69, 9.17) is 0 Å². The van der Waals surface area contributed by atoms with Gasteiger partial charge in [-0.15, -0.1) is 0 Å². The van der Waals surface area contributed by atoms with Gasteiger partial charge < -0.3 is 5.32 Å². The van der Waals surface area contributed by atoms with Crippen LogP contribution in [0.2, 0.25) is 0 Å². The van der Waals surface area contributed by atoms with Crippen LogP contribution in [-0.4, -0.2) is 24.1 Å². The van der Waals surface area contributed by atoms with E-state index in [1.54, 1.807) is 11.3 Å². The van der Waals surface area contributed by atoms with Crippen LogP contribution in [0.25, 0.3) is 0 Å². The fourth-order valence-electron chi connectivity index (χ4n) is 1.49. The van der Waals surface area contributed by atoms with Crippen LogP contribution in [0.1, 0.15) is 32.3 Å². The zero-order valence-corrected chi connectivity index (χ0v) is 12.2. The molecule has 0 fully saturated rings. The van der Waals surface area contributed by atoms with Gasteiger partial charge in [0.05, 0.1) is 0 Å². The third kappa shape index (κ3) is 5.37. The monoisotopic (exact) mass is 257 g/mol. The molecule has 0 amide bonds. The molecule has 1 N–H and O–H groups in total. The first kappa shape index (κ1) is 14.1. The zero-order valence-electron chi connectivity index (χ0n) is 10.5. The van der Waals surface area contributed by atoms with Gasteiger partial charge in [-0.3, -0.25) is 0 Å². The van der Waals surface area contributed by atoms with Crippen molar-refractivity contribution in [1.29, 1.82) is 0 Å². The van der Waals surface area contributed by atoms with E-state index in [1.807, 2.05) is 0 Å². The first-order chi connectivity index (χ1) is 7.76. The SMILES string of the molecule is CCC(C)SCC(CCc1ccsc1)NC. The van der Waals surface area contributed by atoms with Crippen LogP contribution in [0.3, 0.4) is 0 Å². The van der Waals surface area contributed by atoms with Crippen molar-refractivity contribution >= 4 is 23.1 Å². The second kappa shape index (κ2) is 8.15. The predicted octanol–water partition coefficient (Wildman–Crippen LogP) is 3.80. The van der Waals surface area contributed by atoms with Crippen molar-refractivity contribution in [3.63, 3.8) is 0 Å². The standard InChI is InChI=1S/C13H23NS2/c1-4-11(2)16-10-13(14-3)6-5-12-7-8-15-9-12/h7-9,11,13-14H,4-6,10H2,1-3H3. The van der Waals surface area contributed by atoms with Gasteiger partial charge in [0.25, 0.3) is 0 Å². The fraction of sp³-hybridized carbons (Fsp3) is 0.692. The van der Waals surface area contributed by atoms with Crippen molar-refractivity contribution in [1.82, 2.24) is 5.32 Å². The van der Waals surface area contributed by atoms with Gasteiger partial charge in [-0.2, -0.15) is 23.1 Å². The third-order valence-electron chi connectivity index (χ3n) is 2.93. The summed E-state index contributed by atoms with van der Waals surface area (Å²) in [7, 11) is 2.08. The number of hydrogen-bond acceptors (Lipinski definition) is 3. The molecule has 0 bridgehead atoms. The minimum Gasteiger partial charge on any atom is -0.316 e. The molecule has 2 atom stereocenters. The average Bonchev–Trinajstić information content (AvgIpc) is 2.81. The molecular formula is C13H23NS2. The van der Waals surface area contributed by atoms with E-state index in [0.29, 0.717) is 6.04 Å². The minimum atomic E-state index is 0.652. The summed E-state index contributed by atoms with van der Waals surface area (Å²) in [4.78, 5) is 0. The van der Waals surface area contributed by atoms with Crippen LogP contribution in [-0.2, 0) is 6.42 Å². The number of hydrogen-bond donors (Lipinski definition) is 1. The van der Waals surface area contributed by atoms with Gasteiger partial charge in [-0.25, -0.2) is 0 Å². The maximum atomic E-state index is 3.43. The average molecular weight is 257 g/mol. The predicted molar refractivity (Wildman–Crippen MR) is 77.7 cm³/mol. The van der Waals surface area contributed by atoms with Crippen molar-refractivity contribution in [2.24, 2.45) is 0 Å². The van der Waals surface area contributed by atoms with Gasteiger partial charge in [0.2, 0.25) is 0 Å². The summed E-state index contributed by atoms with van der Waals surface area (Å²) in [6.07, 6.45) is 3.72. The summed E-state index contributed by atoms with van der Waals surface area (Å²) in [5.74, 6) is 1.23. The lowest BCUT2D eigenvalue weighted by atomic mass is 10.1. The molecule has 3 heteroatoms. The Morgan fingerprint density at radius 2 is 2.31 bits per heavy atom. The van der Waals surface area contributed by atoms with E-state index < -0.39 is 0 Å². The molecule has 0 aliphatic carbocycles. The normalized spacial score (nSPS) is 14.9. The van der Waals surface area contributed by atoms with Crippen molar-refractivity contribution in [3.05, 3.63) is 22.4 Å². The molecule has 2 unspecified atom stereocenters. The van der Waals surface area contributed by atoms with E-state index >= 15 is 0 Å². The molecule has 0 aliphatic rings. The lowest BCUT2D eigenvalue weighted by Crippen LogP contribution is -2.28. The highest BCUT2D eigenvalue weighted by Gasteiger charge is 2.08. The summed E-state index contributed by atoms with van der Waals surface area (Å²) in [6, 6.07) is 2.89. The highest BCUT2D eigenvalue weighted by molar-refractivity contribution is 7.99. The van der Waals surface area contributed by atoms with Crippen molar-refractivity contribution in [2.75, 3.05) is 12.8 Å². The molecule has 1 heterocycles. The maximum Gasteiger partial charge on any atom is 0.0158 e. The Hall–Kier alpha value is 0.01000. The molecule has 1 aromatic rings. The van der Waals surface area contributed by atoms with E-state index in [0.717, 1.165) is 5.25 Å². The molecule has 0 saturated heterocycles. The van der Waals surface area contributed by atoms with E-state index in [-0.39, 0.29) is 0 Å². The van der Waals surface area contributed by atoms with Crippen LogP contribution in [0.4, 0.5) is 0 Å². The Labute approximate surface area is 108 Å². The second-order valence-corrected chi connectivity index (χ2v) is 6.46. The molecule has 0 spiro atoms. The van der Waals surface area contributed by atoms with Gasteiger partial charge in [0.1, 0.15) is 0 Å². The number of thiophene rings is 1. The summed E-state index contributed by atoms with van der Waals surface area (Å²) >= 11 is 3.88. The van der Waals surface area contributed by atoms with Crippen molar-refractivity contribution < 1.29 is 0 Å². The molecule has 16 heavy (non-hydrogen) atoms. The zero-order chi connectivity index (χ0) is 11.8. The molecule has 92 valence electrons. The molecule has 0 aromatic carbocycles. The lowest BCUT2D eigenvalue weighted by molar-refractivity contribution is 0.572. The topological polar surface area (TPSA) is 12.0 Å². The van der Waals surface area contributed by atoms with Crippen LogP contribution in [0.5, 0.6) is 0 Å².